The van der Waals surface area contributed by atoms with E-state index in [1.165, 1.54) is 31.0 Å². The van der Waals surface area contributed by atoms with E-state index in [0.717, 1.165) is 35.1 Å². The van der Waals surface area contributed by atoms with E-state index in [1.54, 1.807) is 0 Å². The molecule has 4 nitrogen and oxygen atoms in total. The molecule has 2 aromatic rings. The van der Waals surface area contributed by atoms with Crippen LogP contribution in [0.3, 0.4) is 0 Å². The number of aromatic nitrogens is 2. The van der Waals surface area contributed by atoms with Crippen LogP contribution in [0.5, 0.6) is 0 Å². The molecule has 0 atom stereocenters. The molecule has 1 heterocycles. The normalized spacial score (nSPS) is 14.7. The van der Waals surface area contributed by atoms with Gasteiger partial charge in [0, 0.05) is 6.54 Å². The first-order chi connectivity index (χ1) is 10.1. The molecule has 0 spiro atoms. The van der Waals surface area contributed by atoms with Crippen molar-refractivity contribution in [3.8, 4) is 0 Å². The number of carboxylic acid groups (broad SMARTS) is 1. The number of hydrogen-bond donors (Lipinski definition) is 1. The number of carboxylic acids is 1. The van der Waals surface area contributed by atoms with Gasteiger partial charge in [-0.05, 0) is 30.9 Å². The van der Waals surface area contributed by atoms with Gasteiger partial charge in [0.2, 0.25) is 0 Å². The van der Waals surface area contributed by atoms with Crippen LogP contribution < -0.4 is 0 Å². The average Bonchev–Trinajstić information content (AvgIpc) is 3.19. The molecule has 1 aromatic heterocycles. The highest BCUT2D eigenvalue weighted by molar-refractivity contribution is 7.99. The van der Waals surface area contributed by atoms with Gasteiger partial charge in [0.15, 0.2) is 5.16 Å². The van der Waals surface area contributed by atoms with Gasteiger partial charge >= 0.3 is 5.97 Å². The molecular weight excluding hydrogens is 308 g/mol. The van der Waals surface area contributed by atoms with Crippen molar-refractivity contribution < 1.29 is 9.90 Å². The number of rotatable bonds is 7. The Labute approximate surface area is 132 Å². The summed E-state index contributed by atoms with van der Waals surface area (Å²) in [7, 11) is 0. The maximum atomic E-state index is 10.8. The van der Waals surface area contributed by atoms with Crippen LogP contribution in [0.15, 0.2) is 23.4 Å². The van der Waals surface area contributed by atoms with Crippen molar-refractivity contribution in [1.82, 2.24) is 9.55 Å². The average molecular weight is 325 g/mol. The van der Waals surface area contributed by atoms with E-state index < -0.39 is 5.97 Å². The van der Waals surface area contributed by atoms with E-state index in [9.17, 15) is 4.79 Å². The van der Waals surface area contributed by atoms with E-state index in [-0.39, 0.29) is 5.75 Å². The van der Waals surface area contributed by atoms with Gasteiger partial charge in [-0.15, -0.1) is 0 Å². The molecule has 0 saturated heterocycles. The molecule has 1 aliphatic carbocycles. The van der Waals surface area contributed by atoms with E-state index in [2.05, 4.69) is 9.55 Å². The Hall–Kier alpha value is -1.20. The van der Waals surface area contributed by atoms with E-state index in [4.69, 9.17) is 16.7 Å². The maximum Gasteiger partial charge on any atom is 0.313 e. The summed E-state index contributed by atoms with van der Waals surface area (Å²) in [5, 5.41) is 10.2. The van der Waals surface area contributed by atoms with Gasteiger partial charge in [-0.1, -0.05) is 42.3 Å². The van der Waals surface area contributed by atoms with Crippen molar-refractivity contribution in [2.24, 2.45) is 5.92 Å². The van der Waals surface area contributed by atoms with Crippen LogP contribution >= 0.6 is 23.4 Å². The van der Waals surface area contributed by atoms with E-state index >= 15 is 0 Å². The van der Waals surface area contributed by atoms with Crippen LogP contribution in [0.4, 0.5) is 0 Å². The Morgan fingerprint density at radius 3 is 3.00 bits per heavy atom. The minimum atomic E-state index is -0.831. The molecule has 0 aliphatic heterocycles. The predicted molar refractivity (Wildman–Crippen MR) is 85.1 cm³/mol. The summed E-state index contributed by atoms with van der Waals surface area (Å²) >= 11 is 7.46. The van der Waals surface area contributed by atoms with E-state index in [1.807, 2.05) is 18.2 Å². The van der Waals surface area contributed by atoms with Gasteiger partial charge in [-0.25, -0.2) is 4.98 Å². The van der Waals surface area contributed by atoms with Gasteiger partial charge in [-0.3, -0.25) is 4.79 Å². The number of thioether (sulfide) groups is 1. The topological polar surface area (TPSA) is 55.1 Å². The number of aryl methyl sites for hydroxylation is 1. The fourth-order valence-corrected chi connectivity index (χ4v) is 3.45. The SMILES string of the molecule is O=C(O)CSc1nc2c(Cl)cccc2n1CCCC1CC1. The molecule has 1 N–H and O–H groups in total. The number of nitrogens with zero attached hydrogens (tertiary/aromatic N) is 2. The summed E-state index contributed by atoms with van der Waals surface area (Å²) in [4.78, 5) is 15.3. The first-order valence-electron chi connectivity index (χ1n) is 7.14. The van der Waals surface area contributed by atoms with Crippen molar-refractivity contribution in [3.05, 3.63) is 23.2 Å². The second-order valence-electron chi connectivity index (χ2n) is 5.42. The van der Waals surface area contributed by atoms with Crippen LogP contribution in [0, 0.1) is 5.92 Å². The van der Waals surface area contributed by atoms with Crippen molar-refractivity contribution in [2.45, 2.75) is 37.4 Å². The molecule has 0 unspecified atom stereocenters. The molecule has 112 valence electrons. The standard InChI is InChI=1S/C15H17ClN2O2S/c16-11-4-1-5-12-14(11)17-15(21-9-13(19)20)18(12)8-2-3-10-6-7-10/h1,4-5,10H,2-3,6-9H2,(H,19,20). The molecule has 1 aromatic carbocycles. The zero-order valence-corrected chi connectivity index (χ0v) is 13.2. The van der Waals surface area contributed by atoms with Gasteiger partial charge in [0.05, 0.1) is 16.3 Å². The summed E-state index contributed by atoms with van der Waals surface area (Å²) in [5.41, 5.74) is 1.75. The third kappa shape index (κ3) is 3.52. The molecule has 3 rings (SSSR count). The van der Waals surface area contributed by atoms with Crippen LogP contribution in [0.25, 0.3) is 11.0 Å². The summed E-state index contributed by atoms with van der Waals surface area (Å²) in [6, 6.07) is 5.72. The van der Waals surface area contributed by atoms with Crippen LogP contribution in [-0.4, -0.2) is 26.4 Å². The Balaban J connectivity index is 1.85. The van der Waals surface area contributed by atoms with Crippen LogP contribution in [-0.2, 0) is 11.3 Å². The quantitative estimate of drug-likeness (QED) is 0.780. The highest BCUT2D eigenvalue weighted by Gasteiger charge is 2.21. The summed E-state index contributed by atoms with van der Waals surface area (Å²) in [6.07, 6.45) is 5.06. The molecule has 1 fully saturated rings. The molecule has 0 amide bonds. The lowest BCUT2D eigenvalue weighted by atomic mass is 10.2. The first-order valence-corrected chi connectivity index (χ1v) is 8.51. The lowest BCUT2D eigenvalue weighted by Crippen LogP contribution is -2.03. The number of fused-ring (bicyclic) bond motifs is 1. The van der Waals surface area contributed by atoms with Crippen molar-refractivity contribution >= 4 is 40.4 Å². The third-order valence-electron chi connectivity index (χ3n) is 3.71. The third-order valence-corrected chi connectivity index (χ3v) is 4.98. The zero-order chi connectivity index (χ0) is 14.8. The lowest BCUT2D eigenvalue weighted by Gasteiger charge is -2.08. The van der Waals surface area contributed by atoms with Gasteiger partial charge in [0.25, 0.3) is 0 Å². The smallest absolute Gasteiger partial charge is 0.313 e. The molecule has 21 heavy (non-hydrogen) atoms. The van der Waals surface area contributed by atoms with Gasteiger partial charge < -0.3 is 9.67 Å². The summed E-state index contributed by atoms with van der Waals surface area (Å²) in [6.45, 7) is 0.870. The monoisotopic (exact) mass is 324 g/mol. The van der Waals surface area contributed by atoms with Crippen molar-refractivity contribution in [1.29, 1.82) is 0 Å². The molecule has 1 saturated carbocycles. The number of para-hydroxylation sites is 1. The zero-order valence-electron chi connectivity index (χ0n) is 11.6. The minimum Gasteiger partial charge on any atom is -0.481 e. The van der Waals surface area contributed by atoms with Crippen molar-refractivity contribution in [3.63, 3.8) is 0 Å². The Bertz CT molecular complexity index is 667. The number of hydrogen-bond acceptors (Lipinski definition) is 3. The number of carbonyl (C=O) groups is 1. The van der Waals surface area contributed by atoms with E-state index in [0.29, 0.717) is 5.02 Å². The highest BCUT2D eigenvalue weighted by atomic mass is 35.5. The molecule has 1 aliphatic rings. The minimum absolute atomic E-state index is 0.0174. The largest absolute Gasteiger partial charge is 0.481 e. The van der Waals surface area contributed by atoms with Gasteiger partial charge in [0.1, 0.15) is 5.52 Å². The number of halogens is 1. The second-order valence-corrected chi connectivity index (χ2v) is 6.77. The van der Waals surface area contributed by atoms with Gasteiger partial charge in [-0.2, -0.15) is 0 Å². The Morgan fingerprint density at radius 2 is 2.29 bits per heavy atom. The number of imidazole rings is 1. The van der Waals surface area contributed by atoms with Crippen LogP contribution in [0.2, 0.25) is 5.02 Å². The fourth-order valence-electron chi connectivity index (χ4n) is 2.49. The second kappa shape index (κ2) is 6.28. The number of aliphatic carboxylic acids is 1. The molecular formula is C15H17ClN2O2S. The Kier molecular flexibility index (Phi) is 4.40. The highest BCUT2D eigenvalue weighted by Crippen LogP contribution is 2.34. The predicted octanol–water partition coefficient (Wildman–Crippen LogP) is 4.06. The first kappa shape index (κ1) is 14.7. The fraction of sp³-hybridized carbons (Fsp3) is 0.467. The molecule has 0 radical (unpaired) electrons. The van der Waals surface area contributed by atoms with Crippen molar-refractivity contribution in [2.75, 3.05) is 5.75 Å². The maximum absolute atomic E-state index is 10.8. The summed E-state index contributed by atoms with van der Waals surface area (Å²) < 4.78 is 2.11. The summed E-state index contributed by atoms with van der Waals surface area (Å²) in [5.74, 6) is 0.0880. The van der Waals surface area contributed by atoms with Crippen LogP contribution in [0.1, 0.15) is 25.7 Å². The Morgan fingerprint density at radius 1 is 1.48 bits per heavy atom. The number of benzene rings is 1. The molecule has 6 heteroatoms. The lowest BCUT2D eigenvalue weighted by molar-refractivity contribution is -0.133. The molecule has 0 bridgehead atoms.